The maximum atomic E-state index is 11.0. The van der Waals surface area contributed by atoms with Gasteiger partial charge in [-0.05, 0) is 35.0 Å². The Morgan fingerprint density at radius 2 is 2.07 bits per heavy atom. The molecule has 1 atom stereocenters. The molecule has 1 aromatic rings. The molecule has 3 nitrogen and oxygen atoms in total. The quantitative estimate of drug-likeness (QED) is 0.615. The van der Waals surface area contributed by atoms with Gasteiger partial charge >= 0.3 is 5.97 Å². The fraction of sp³-hybridized carbons (Fsp3) is 0.300. The minimum atomic E-state index is -0.391. The summed E-state index contributed by atoms with van der Waals surface area (Å²) in [4.78, 5) is 11.0. The fourth-order valence-electron chi connectivity index (χ4n) is 0.874. The Hall–Kier alpha value is -1.03. The highest BCUT2D eigenvalue weighted by Gasteiger charge is 2.06. The smallest absolute Gasteiger partial charge is 0.345 e. The summed E-state index contributed by atoms with van der Waals surface area (Å²) in [6.07, 6.45) is 0. The van der Waals surface area contributed by atoms with E-state index >= 15 is 0 Å². The first-order valence-electron chi connectivity index (χ1n) is 4.20. The highest BCUT2D eigenvalue weighted by Crippen LogP contribution is 2.08. The number of benzene rings is 1. The molecule has 0 aliphatic heterocycles. The van der Waals surface area contributed by atoms with E-state index in [1.807, 2.05) is 18.2 Å². The van der Waals surface area contributed by atoms with Gasteiger partial charge in [0.2, 0.25) is 0 Å². The molecule has 0 fully saturated rings. The van der Waals surface area contributed by atoms with Crippen LogP contribution in [0.5, 0.6) is 5.75 Å². The molecule has 0 aromatic heterocycles. The second-order valence-electron chi connectivity index (χ2n) is 2.63. The van der Waals surface area contributed by atoms with Gasteiger partial charge in [0.25, 0.3) is 0 Å². The first-order valence-corrected chi connectivity index (χ1v) is 5.11. The zero-order chi connectivity index (χ0) is 10.4. The van der Waals surface area contributed by atoms with Crippen molar-refractivity contribution < 1.29 is 14.3 Å². The van der Waals surface area contributed by atoms with Crippen LogP contribution in [0.1, 0.15) is 6.92 Å². The van der Waals surface area contributed by atoms with Crippen molar-refractivity contribution in [3.05, 3.63) is 30.3 Å². The number of carbonyl (C=O) groups is 1. The van der Waals surface area contributed by atoms with Crippen LogP contribution in [0.3, 0.4) is 0 Å². The molecule has 4 heteroatoms. The molecule has 0 bridgehead atoms. The molecule has 0 heterocycles. The van der Waals surface area contributed by atoms with Crippen LogP contribution in [0.25, 0.3) is 0 Å². The molecule has 0 spiro atoms. The van der Waals surface area contributed by atoms with Crippen molar-refractivity contribution in [1.82, 2.24) is 0 Å². The van der Waals surface area contributed by atoms with Gasteiger partial charge in [0.1, 0.15) is 5.75 Å². The van der Waals surface area contributed by atoms with E-state index < -0.39 is 5.97 Å². The SMILES string of the molecule is CC(Br)OC(=O)COc1ccccc1. The number of ether oxygens (including phenoxy) is 2. The highest BCUT2D eigenvalue weighted by atomic mass is 79.9. The number of rotatable bonds is 4. The van der Waals surface area contributed by atoms with E-state index in [9.17, 15) is 4.79 Å². The third-order valence-electron chi connectivity index (χ3n) is 1.39. The topological polar surface area (TPSA) is 35.5 Å². The monoisotopic (exact) mass is 258 g/mol. The minimum Gasteiger partial charge on any atom is -0.482 e. The van der Waals surface area contributed by atoms with E-state index in [1.165, 1.54) is 0 Å². The van der Waals surface area contributed by atoms with Gasteiger partial charge in [-0.3, -0.25) is 0 Å². The fourth-order valence-corrected chi connectivity index (χ4v) is 1.08. The van der Waals surface area contributed by atoms with E-state index in [0.717, 1.165) is 0 Å². The maximum absolute atomic E-state index is 11.0. The lowest BCUT2D eigenvalue weighted by Crippen LogP contribution is -2.17. The predicted octanol–water partition coefficient (Wildman–Crippen LogP) is 2.35. The minimum absolute atomic E-state index is 0.0695. The molecule has 76 valence electrons. The number of alkyl halides is 1. The van der Waals surface area contributed by atoms with Crippen LogP contribution in [0.4, 0.5) is 0 Å². The second kappa shape index (κ2) is 5.65. The predicted molar refractivity (Wildman–Crippen MR) is 56.4 cm³/mol. The molecule has 0 radical (unpaired) electrons. The van der Waals surface area contributed by atoms with E-state index in [0.29, 0.717) is 5.75 Å². The Balaban J connectivity index is 2.31. The van der Waals surface area contributed by atoms with Crippen molar-refractivity contribution in [3.8, 4) is 5.75 Å². The highest BCUT2D eigenvalue weighted by molar-refractivity contribution is 9.09. The summed E-state index contributed by atoms with van der Waals surface area (Å²) in [7, 11) is 0. The van der Waals surface area contributed by atoms with Crippen LogP contribution < -0.4 is 4.74 Å². The Morgan fingerprint density at radius 3 is 2.64 bits per heavy atom. The van der Waals surface area contributed by atoms with Gasteiger partial charge in [0, 0.05) is 0 Å². The van der Waals surface area contributed by atoms with E-state index in [2.05, 4.69) is 15.9 Å². The summed E-state index contributed by atoms with van der Waals surface area (Å²) in [5.74, 6) is 0.268. The van der Waals surface area contributed by atoms with Gasteiger partial charge < -0.3 is 9.47 Å². The average Bonchev–Trinajstić information content (AvgIpc) is 2.15. The van der Waals surface area contributed by atoms with Crippen LogP contribution in [0.15, 0.2) is 30.3 Å². The Kier molecular flexibility index (Phi) is 4.46. The van der Waals surface area contributed by atoms with E-state index in [4.69, 9.17) is 9.47 Å². The third-order valence-corrected chi connectivity index (χ3v) is 1.58. The number of esters is 1. The Labute approximate surface area is 91.1 Å². The number of hydrogen-bond donors (Lipinski definition) is 0. The van der Waals surface area contributed by atoms with Crippen LogP contribution in [-0.4, -0.2) is 17.6 Å². The van der Waals surface area contributed by atoms with Gasteiger partial charge in [-0.1, -0.05) is 18.2 Å². The number of carbonyl (C=O) groups excluding carboxylic acids is 1. The molecule has 1 unspecified atom stereocenters. The van der Waals surface area contributed by atoms with Gasteiger partial charge in [-0.15, -0.1) is 0 Å². The molecule has 0 amide bonds. The average molecular weight is 259 g/mol. The van der Waals surface area contributed by atoms with Gasteiger partial charge in [0.05, 0.1) is 0 Å². The van der Waals surface area contributed by atoms with Crippen molar-refractivity contribution in [2.24, 2.45) is 0 Å². The van der Waals surface area contributed by atoms with Crippen molar-refractivity contribution in [2.45, 2.75) is 11.9 Å². The lowest BCUT2D eigenvalue weighted by atomic mass is 10.3. The first-order chi connectivity index (χ1) is 6.68. The molecular weight excluding hydrogens is 248 g/mol. The number of hydrogen-bond acceptors (Lipinski definition) is 3. The van der Waals surface area contributed by atoms with Crippen molar-refractivity contribution in [3.63, 3.8) is 0 Å². The summed E-state index contributed by atoms with van der Waals surface area (Å²) in [6.45, 7) is 1.65. The normalized spacial score (nSPS) is 11.9. The summed E-state index contributed by atoms with van der Waals surface area (Å²) in [5, 5.41) is -0.283. The Morgan fingerprint density at radius 1 is 1.43 bits per heavy atom. The standard InChI is InChI=1S/C10H11BrO3/c1-8(11)14-10(12)7-13-9-5-3-2-4-6-9/h2-6,8H,7H2,1H3. The molecule has 0 saturated carbocycles. The number of halogens is 1. The molecule has 0 aliphatic carbocycles. The van der Waals surface area contributed by atoms with Crippen LogP contribution in [0.2, 0.25) is 0 Å². The van der Waals surface area contributed by atoms with Gasteiger partial charge in [-0.25, -0.2) is 4.79 Å². The lowest BCUT2D eigenvalue weighted by molar-refractivity contribution is -0.146. The summed E-state index contributed by atoms with van der Waals surface area (Å²) in [6, 6.07) is 9.13. The zero-order valence-corrected chi connectivity index (χ0v) is 9.36. The van der Waals surface area contributed by atoms with E-state index in [1.54, 1.807) is 19.1 Å². The summed E-state index contributed by atoms with van der Waals surface area (Å²) < 4.78 is 10.00. The molecule has 1 rings (SSSR count). The maximum Gasteiger partial charge on any atom is 0.345 e. The molecule has 0 aliphatic rings. The molecule has 1 aromatic carbocycles. The largest absolute Gasteiger partial charge is 0.482 e. The molecule has 14 heavy (non-hydrogen) atoms. The van der Waals surface area contributed by atoms with Crippen molar-refractivity contribution in [1.29, 1.82) is 0 Å². The summed E-state index contributed by atoms with van der Waals surface area (Å²) >= 11 is 3.10. The Bertz CT molecular complexity index is 285. The van der Waals surface area contributed by atoms with Crippen LogP contribution in [-0.2, 0) is 9.53 Å². The van der Waals surface area contributed by atoms with Crippen molar-refractivity contribution in [2.75, 3.05) is 6.61 Å². The molecule has 0 saturated heterocycles. The third kappa shape index (κ3) is 4.28. The first kappa shape index (κ1) is 11.0. The molecular formula is C10H11BrO3. The van der Waals surface area contributed by atoms with Gasteiger partial charge in [0.15, 0.2) is 11.6 Å². The molecule has 0 N–H and O–H groups in total. The van der Waals surface area contributed by atoms with Crippen LogP contribution >= 0.6 is 15.9 Å². The van der Waals surface area contributed by atoms with E-state index in [-0.39, 0.29) is 11.6 Å². The van der Waals surface area contributed by atoms with Crippen LogP contribution in [0, 0.1) is 0 Å². The van der Waals surface area contributed by atoms with Gasteiger partial charge in [-0.2, -0.15) is 0 Å². The number of para-hydroxylation sites is 1. The lowest BCUT2D eigenvalue weighted by Gasteiger charge is -2.07. The van der Waals surface area contributed by atoms with Crippen molar-refractivity contribution >= 4 is 21.9 Å². The second-order valence-corrected chi connectivity index (χ2v) is 3.92. The summed E-state index contributed by atoms with van der Waals surface area (Å²) in [5.41, 5.74) is 0. The zero-order valence-electron chi connectivity index (χ0n) is 7.77.